The molecule has 0 unspecified atom stereocenters. The molecule has 0 aliphatic carbocycles. The van der Waals surface area contributed by atoms with Crippen molar-refractivity contribution in [2.24, 2.45) is 0 Å². The molecule has 18 heavy (non-hydrogen) atoms. The molecule has 1 N–H and O–H groups in total. The molecule has 90 valence electrons. The van der Waals surface area contributed by atoms with Gasteiger partial charge in [0.2, 0.25) is 0 Å². The fraction of sp³-hybridized carbons (Fsp3) is 0.188. The number of nitrogens with zero attached hydrogens (tertiary/aromatic N) is 1. The molecule has 1 aromatic carbocycles. The van der Waals surface area contributed by atoms with E-state index in [0.717, 1.165) is 11.3 Å². The number of aromatic nitrogens is 2. The van der Waals surface area contributed by atoms with E-state index in [1.165, 1.54) is 16.5 Å². The van der Waals surface area contributed by atoms with Crippen LogP contribution in [0.3, 0.4) is 0 Å². The van der Waals surface area contributed by atoms with E-state index in [1.807, 2.05) is 24.4 Å². The zero-order chi connectivity index (χ0) is 12.5. The molecule has 2 heterocycles. The maximum atomic E-state index is 4.38. The molecule has 0 amide bonds. The van der Waals surface area contributed by atoms with E-state index in [2.05, 4.69) is 48.2 Å². The SMILES string of the molecule is CC(C)c1c[nH]c2cc(-c3ccccn3)ccc12. The molecule has 2 aromatic heterocycles. The van der Waals surface area contributed by atoms with Crippen LogP contribution in [0.1, 0.15) is 25.3 Å². The Morgan fingerprint density at radius 1 is 1.11 bits per heavy atom. The molecule has 0 bridgehead atoms. The second kappa shape index (κ2) is 4.30. The molecule has 0 aliphatic rings. The summed E-state index contributed by atoms with van der Waals surface area (Å²) in [5.74, 6) is 0.541. The van der Waals surface area contributed by atoms with Gasteiger partial charge < -0.3 is 4.98 Å². The quantitative estimate of drug-likeness (QED) is 0.704. The van der Waals surface area contributed by atoms with Gasteiger partial charge in [-0.3, -0.25) is 4.98 Å². The van der Waals surface area contributed by atoms with Gasteiger partial charge in [-0.05, 0) is 29.7 Å². The number of hydrogen-bond acceptors (Lipinski definition) is 1. The maximum Gasteiger partial charge on any atom is 0.0702 e. The Hall–Kier alpha value is -2.09. The van der Waals surface area contributed by atoms with Crippen molar-refractivity contribution in [1.82, 2.24) is 9.97 Å². The molecule has 0 saturated heterocycles. The molecule has 3 aromatic rings. The molecule has 0 spiro atoms. The van der Waals surface area contributed by atoms with Gasteiger partial charge in [0, 0.05) is 28.9 Å². The second-order valence-electron chi connectivity index (χ2n) is 4.87. The van der Waals surface area contributed by atoms with E-state index in [9.17, 15) is 0 Å². The van der Waals surface area contributed by atoms with Gasteiger partial charge in [0.1, 0.15) is 0 Å². The van der Waals surface area contributed by atoms with E-state index in [-0.39, 0.29) is 0 Å². The molecule has 0 radical (unpaired) electrons. The van der Waals surface area contributed by atoms with Crippen molar-refractivity contribution < 1.29 is 0 Å². The predicted octanol–water partition coefficient (Wildman–Crippen LogP) is 4.35. The third-order valence-electron chi connectivity index (χ3n) is 3.30. The smallest absolute Gasteiger partial charge is 0.0702 e. The zero-order valence-electron chi connectivity index (χ0n) is 10.6. The summed E-state index contributed by atoms with van der Waals surface area (Å²) in [6.07, 6.45) is 3.94. The van der Waals surface area contributed by atoms with E-state index in [4.69, 9.17) is 0 Å². The number of fused-ring (bicyclic) bond motifs is 1. The average molecular weight is 236 g/mol. The van der Waals surface area contributed by atoms with Crippen LogP contribution in [0.5, 0.6) is 0 Å². The number of nitrogens with one attached hydrogen (secondary N) is 1. The van der Waals surface area contributed by atoms with Crippen molar-refractivity contribution in [3.05, 3.63) is 54.4 Å². The highest BCUT2D eigenvalue weighted by Crippen LogP contribution is 2.28. The van der Waals surface area contributed by atoms with Crippen LogP contribution in [0.25, 0.3) is 22.2 Å². The van der Waals surface area contributed by atoms with Crippen molar-refractivity contribution in [2.75, 3.05) is 0 Å². The number of H-pyrrole nitrogens is 1. The summed E-state index contributed by atoms with van der Waals surface area (Å²) in [4.78, 5) is 7.74. The summed E-state index contributed by atoms with van der Waals surface area (Å²) < 4.78 is 0. The lowest BCUT2D eigenvalue weighted by molar-refractivity contribution is 0.875. The first-order valence-electron chi connectivity index (χ1n) is 6.28. The van der Waals surface area contributed by atoms with Crippen molar-refractivity contribution in [3.63, 3.8) is 0 Å². The number of benzene rings is 1. The number of hydrogen-bond donors (Lipinski definition) is 1. The highest BCUT2D eigenvalue weighted by Gasteiger charge is 2.08. The first-order chi connectivity index (χ1) is 8.75. The van der Waals surface area contributed by atoms with Gasteiger partial charge in [-0.15, -0.1) is 0 Å². The molecular weight excluding hydrogens is 220 g/mol. The van der Waals surface area contributed by atoms with Crippen molar-refractivity contribution in [1.29, 1.82) is 0 Å². The largest absolute Gasteiger partial charge is 0.361 e. The lowest BCUT2D eigenvalue weighted by Crippen LogP contribution is -1.85. The summed E-state index contributed by atoms with van der Waals surface area (Å²) >= 11 is 0. The Balaban J connectivity index is 2.13. The summed E-state index contributed by atoms with van der Waals surface area (Å²) in [5.41, 5.74) is 4.72. The Morgan fingerprint density at radius 2 is 2.00 bits per heavy atom. The number of rotatable bonds is 2. The monoisotopic (exact) mass is 236 g/mol. The van der Waals surface area contributed by atoms with Gasteiger partial charge in [-0.1, -0.05) is 32.0 Å². The molecule has 0 aliphatic heterocycles. The van der Waals surface area contributed by atoms with Gasteiger partial charge in [0.15, 0.2) is 0 Å². The van der Waals surface area contributed by atoms with Crippen molar-refractivity contribution in [3.8, 4) is 11.3 Å². The normalized spacial score (nSPS) is 11.3. The fourth-order valence-electron chi connectivity index (χ4n) is 2.32. The summed E-state index contributed by atoms with van der Waals surface area (Å²) in [6, 6.07) is 12.5. The van der Waals surface area contributed by atoms with Gasteiger partial charge in [-0.25, -0.2) is 0 Å². The standard InChI is InChI=1S/C16H16N2/c1-11(2)14-10-18-16-9-12(6-7-13(14)16)15-5-3-4-8-17-15/h3-11,18H,1-2H3. The van der Waals surface area contributed by atoms with E-state index in [0.29, 0.717) is 5.92 Å². The minimum Gasteiger partial charge on any atom is -0.361 e. The van der Waals surface area contributed by atoms with Crippen LogP contribution in [0.2, 0.25) is 0 Å². The highest BCUT2D eigenvalue weighted by molar-refractivity contribution is 5.87. The summed E-state index contributed by atoms with van der Waals surface area (Å²) in [5, 5.41) is 1.31. The first kappa shape index (κ1) is 11.0. The number of aromatic amines is 1. The topological polar surface area (TPSA) is 28.7 Å². The first-order valence-corrected chi connectivity index (χ1v) is 6.28. The van der Waals surface area contributed by atoms with Gasteiger partial charge in [-0.2, -0.15) is 0 Å². The van der Waals surface area contributed by atoms with Crippen LogP contribution in [0, 0.1) is 0 Å². The Labute approximate surface area is 107 Å². The predicted molar refractivity (Wildman–Crippen MR) is 75.6 cm³/mol. The fourth-order valence-corrected chi connectivity index (χ4v) is 2.32. The van der Waals surface area contributed by atoms with Crippen LogP contribution >= 0.6 is 0 Å². The van der Waals surface area contributed by atoms with Gasteiger partial charge >= 0.3 is 0 Å². The van der Waals surface area contributed by atoms with Crippen LogP contribution < -0.4 is 0 Å². The molecule has 0 saturated carbocycles. The van der Waals surface area contributed by atoms with Crippen LogP contribution in [-0.2, 0) is 0 Å². The highest BCUT2D eigenvalue weighted by atomic mass is 14.7. The lowest BCUT2D eigenvalue weighted by atomic mass is 10.0. The van der Waals surface area contributed by atoms with E-state index < -0.39 is 0 Å². The molecule has 3 rings (SSSR count). The Morgan fingerprint density at radius 3 is 2.72 bits per heavy atom. The van der Waals surface area contributed by atoms with Crippen LogP contribution in [0.15, 0.2) is 48.8 Å². The summed E-state index contributed by atoms with van der Waals surface area (Å²) in [7, 11) is 0. The maximum absolute atomic E-state index is 4.38. The van der Waals surface area contributed by atoms with Crippen molar-refractivity contribution in [2.45, 2.75) is 19.8 Å². The Bertz CT molecular complexity index is 666. The van der Waals surface area contributed by atoms with Crippen LogP contribution in [0.4, 0.5) is 0 Å². The minimum absolute atomic E-state index is 0.541. The van der Waals surface area contributed by atoms with Crippen molar-refractivity contribution >= 4 is 10.9 Å². The summed E-state index contributed by atoms with van der Waals surface area (Å²) in [6.45, 7) is 4.44. The molecular formula is C16H16N2. The Kier molecular flexibility index (Phi) is 2.63. The van der Waals surface area contributed by atoms with Crippen LogP contribution in [-0.4, -0.2) is 9.97 Å². The molecule has 0 fully saturated rings. The average Bonchev–Trinajstić information content (AvgIpc) is 2.82. The molecule has 0 atom stereocenters. The molecule has 2 nitrogen and oxygen atoms in total. The van der Waals surface area contributed by atoms with Gasteiger partial charge in [0.05, 0.1) is 5.69 Å². The van der Waals surface area contributed by atoms with E-state index >= 15 is 0 Å². The third-order valence-corrected chi connectivity index (χ3v) is 3.30. The van der Waals surface area contributed by atoms with Gasteiger partial charge in [0.25, 0.3) is 0 Å². The van der Waals surface area contributed by atoms with E-state index in [1.54, 1.807) is 0 Å². The second-order valence-corrected chi connectivity index (χ2v) is 4.87. The molecule has 2 heteroatoms. The zero-order valence-corrected chi connectivity index (χ0v) is 10.6. The third kappa shape index (κ3) is 1.80. The number of pyridine rings is 1. The minimum atomic E-state index is 0.541. The lowest BCUT2D eigenvalue weighted by Gasteiger charge is -2.04.